The minimum absolute atomic E-state index is 0.126. The molecule has 0 aliphatic carbocycles. The van der Waals surface area contributed by atoms with Gasteiger partial charge in [0.2, 0.25) is 0 Å². The summed E-state index contributed by atoms with van der Waals surface area (Å²) in [6, 6.07) is 3.03. The van der Waals surface area contributed by atoms with E-state index in [4.69, 9.17) is 5.73 Å². The highest BCUT2D eigenvalue weighted by molar-refractivity contribution is 5.99. The van der Waals surface area contributed by atoms with E-state index in [9.17, 15) is 9.18 Å². The van der Waals surface area contributed by atoms with Gasteiger partial charge < -0.3 is 10.3 Å². The Morgan fingerprint density at radius 3 is 2.76 bits per heavy atom. The molecular weight excluding hydrogens is 271 g/mol. The zero-order chi connectivity index (χ0) is 15.4. The number of hydrogen-bond donors (Lipinski definition) is 1. The van der Waals surface area contributed by atoms with E-state index < -0.39 is 11.7 Å². The fourth-order valence-corrected chi connectivity index (χ4v) is 2.99. The van der Waals surface area contributed by atoms with E-state index in [1.807, 2.05) is 4.57 Å². The number of fused-ring (bicyclic) bond motifs is 1. The first-order valence-electron chi connectivity index (χ1n) is 6.86. The zero-order valence-corrected chi connectivity index (χ0v) is 12.3. The van der Waals surface area contributed by atoms with Crippen LogP contribution in [0.1, 0.15) is 42.0 Å². The summed E-state index contributed by atoms with van der Waals surface area (Å²) >= 11 is 0. The van der Waals surface area contributed by atoms with Crippen LogP contribution in [0.4, 0.5) is 4.39 Å². The molecule has 0 atom stereocenters. The highest BCUT2D eigenvalue weighted by Crippen LogP contribution is 2.36. The molecule has 3 rings (SSSR count). The smallest absolute Gasteiger partial charge is 0.252 e. The molecule has 0 bridgehead atoms. The third-order valence-electron chi connectivity index (χ3n) is 4.02. The van der Waals surface area contributed by atoms with E-state index in [1.165, 1.54) is 6.07 Å². The van der Waals surface area contributed by atoms with Crippen molar-refractivity contribution in [3.63, 3.8) is 0 Å². The molecule has 1 aliphatic rings. The molecule has 6 heteroatoms. The SMILES string of the molecule is Cc1cc(F)c(C(N)=O)c(-c2nnc3n2C(C)(C)CC3)c1. The van der Waals surface area contributed by atoms with Crippen molar-refractivity contribution in [2.24, 2.45) is 5.73 Å². The van der Waals surface area contributed by atoms with Gasteiger partial charge in [0.15, 0.2) is 5.82 Å². The fourth-order valence-electron chi connectivity index (χ4n) is 2.99. The maximum Gasteiger partial charge on any atom is 0.252 e. The summed E-state index contributed by atoms with van der Waals surface area (Å²) in [5, 5.41) is 8.33. The molecule has 0 radical (unpaired) electrons. The van der Waals surface area contributed by atoms with Crippen LogP contribution in [-0.4, -0.2) is 20.7 Å². The van der Waals surface area contributed by atoms with Crippen LogP contribution in [0.15, 0.2) is 12.1 Å². The first kappa shape index (κ1) is 13.7. The van der Waals surface area contributed by atoms with E-state index in [1.54, 1.807) is 13.0 Å². The van der Waals surface area contributed by atoms with Gasteiger partial charge in [-0.05, 0) is 44.9 Å². The monoisotopic (exact) mass is 288 g/mol. The lowest BCUT2D eigenvalue weighted by molar-refractivity contribution is 0.0997. The first-order valence-corrected chi connectivity index (χ1v) is 6.86. The highest BCUT2D eigenvalue weighted by atomic mass is 19.1. The molecule has 2 N–H and O–H groups in total. The summed E-state index contributed by atoms with van der Waals surface area (Å²) in [7, 11) is 0. The maximum atomic E-state index is 14.1. The minimum atomic E-state index is -0.796. The maximum absolute atomic E-state index is 14.1. The van der Waals surface area contributed by atoms with Gasteiger partial charge in [-0.25, -0.2) is 4.39 Å². The molecule has 1 aromatic carbocycles. The van der Waals surface area contributed by atoms with E-state index in [2.05, 4.69) is 24.0 Å². The summed E-state index contributed by atoms with van der Waals surface area (Å²) in [6.07, 6.45) is 1.76. The zero-order valence-electron chi connectivity index (χ0n) is 12.3. The second-order valence-electron chi connectivity index (χ2n) is 6.12. The van der Waals surface area contributed by atoms with Crippen LogP contribution in [0.3, 0.4) is 0 Å². The van der Waals surface area contributed by atoms with Crippen LogP contribution in [-0.2, 0) is 12.0 Å². The average Bonchev–Trinajstić information content (AvgIpc) is 2.90. The summed E-state index contributed by atoms with van der Waals surface area (Å²) < 4.78 is 16.1. The summed E-state index contributed by atoms with van der Waals surface area (Å²) in [6.45, 7) is 5.92. The molecule has 21 heavy (non-hydrogen) atoms. The lowest BCUT2D eigenvalue weighted by Gasteiger charge is -2.23. The molecule has 0 spiro atoms. The molecule has 0 fully saturated rings. The van der Waals surface area contributed by atoms with Crippen LogP contribution in [0.2, 0.25) is 0 Å². The van der Waals surface area contributed by atoms with Crippen molar-refractivity contribution in [1.82, 2.24) is 14.8 Å². The Labute approximate surface area is 122 Å². The van der Waals surface area contributed by atoms with Crippen LogP contribution in [0.5, 0.6) is 0 Å². The van der Waals surface area contributed by atoms with Crippen molar-refractivity contribution in [2.45, 2.75) is 39.2 Å². The largest absolute Gasteiger partial charge is 0.365 e. The molecule has 1 amide bonds. The third kappa shape index (κ3) is 2.02. The molecule has 1 aromatic heterocycles. The van der Waals surface area contributed by atoms with Gasteiger partial charge in [-0.2, -0.15) is 0 Å². The number of benzene rings is 1. The number of aromatic nitrogens is 3. The normalized spacial score (nSPS) is 16.0. The Balaban J connectivity index is 2.31. The third-order valence-corrected chi connectivity index (χ3v) is 4.02. The number of amides is 1. The number of hydrogen-bond acceptors (Lipinski definition) is 3. The topological polar surface area (TPSA) is 73.8 Å². The van der Waals surface area contributed by atoms with Crippen molar-refractivity contribution in [3.05, 3.63) is 34.9 Å². The van der Waals surface area contributed by atoms with Crippen molar-refractivity contribution in [3.8, 4) is 11.4 Å². The molecule has 2 aromatic rings. The van der Waals surface area contributed by atoms with E-state index >= 15 is 0 Å². The Morgan fingerprint density at radius 1 is 1.38 bits per heavy atom. The standard InChI is InChI=1S/C15H17FN4O/c1-8-6-9(12(13(17)21)10(16)7-8)14-19-18-11-4-5-15(2,3)20(11)14/h6-7H,4-5H2,1-3H3,(H2,17,21). The summed E-state index contributed by atoms with van der Waals surface area (Å²) in [5.41, 5.74) is 6.18. The van der Waals surface area contributed by atoms with Gasteiger partial charge >= 0.3 is 0 Å². The first-order chi connectivity index (χ1) is 9.81. The van der Waals surface area contributed by atoms with Crippen LogP contribution >= 0.6 is 0 Å². The number of nitrogens with zero attached hydrogens (tertiary/aromatic N) is 3. The lowest BCUT2D eigenvalue weighted by atomic mass is 9.99. The van der Waals surface area contributed by atoms with Gasteiger partial charge in [0.1, 0.15) is 11.6 Å². The number of nitrogens with two attached hydrogens (primary N) is 1. The number of carbonyl (C=O) groups excluding carboxylic acids is 1. The van der Waals surface area contributed by atoms with E-state index in [0.717, 1.165) is 18.7 Å². The predicted octanol–water partition coefficient (Wildman–Crippen LogP) is 2.17. The van der Waals surface area contributed by atoms with Gasteiger partial charge in [-0.1, -0.05) is 0 Å². The minimum Gasteiger partial charge on any atom is -0.365 e. The van der Waals surface area contributed by atoms with Crippen LogP contribution in [0, 0.1) is 12.7 Å². The predicted molar refractivity (Wildman–Crippen MR) is 76.3 cm³/mol. The molecule has 110 valence electrons. The van der Waals surface area contributed by atoms with E-state index in [-0.39, 0.29) is 11.1 Å². The number of rotatable bonds is 2. The van der Waals surface area contributed by atoms with Crippen molar-refractivity contribution < 1.29 is 9.18 Å². The van der Waals surface area contributed by atoms with Crippen LogP contribution in [0.25, 0.3) is 11.4 Å². The molecule has 5 nitrogen and oxygen atoms in total. The van der Waals surface area contributed by atoms with Crippen molar-refractivity contribution in [2.75, 3.05) is 0 Å². The van der Waals surface area contributed by atoms with Gasteiger partial charge in [0.25, 0.3) is 5.91 Å². The van der Waals surface area contributed by atoms with Gasteiger partial charge in [-0.15, -0.1) is 10.2 Å². The van der Waals surface area contributed by atoms with Crippen LogP contribution < -0.4 is 5.73 Å². The lowest BCUT2D eigenvalue weighted by Crippen LogP contribution is -2.23. The number of aryl methyl sites for hydroxylation is 2. The molecule has 0 saturated carbocycles. The molecular formula is C15H17FN4O. The number of carbonyl (C=O) groups is 1. The van der Waals surface area contributed by atoms with E-state index in [0.29, 0.717) is 17.0 Å². The molecule has 1 aliphatic heterocycles. The van der Waals surface area contributed by atoms with Gasteiger partial charge in [-0.3, -0.25) is 4.79 Å². The molecule has 2 heterocycles. The quantitative estimate of drug-likeness (QED) is 0.920. The second-order valence-corrected chi connectivity index (χ2v) is 6.12. The number of primary amides is 1. The second kappa shape index (κ2) is 4.38. The van der Waals surface area contributed by atoms with Crippen molar-refractivity contribution in [1.29, 1.82) is 0 Å². The highest BCUT2D eigenvalue weighted by Gasteiger charge is 2.35. The summed E-state index contributed by atoms with van der Waals surface area (Å²) in [4.78, 5) is 11.6. The molecule has 0 unspecified atom stereocenters. The van der Waals surface area contributed by atoms with Gasteiger partial charge in [0, 0.05) is 17.5 Å². The summed E-state index contributed by atoms with van der Waals surface area (Å²) in [5.74, 6) is -0.0578. The average molecular weight is 288 g/mol. The Hall–Kier alpha value is -2.24. The Morgan fingerprint density at radius 2 is 2.10 bits per heavy atom. The molecule has 0 saturated heterocycles. The fraction of sp³-hybridized carbons (Fsp3) is 0.400. The Bertz CT molecular complexity index is 748. The van der Waals surface area contributed by atoms with Crippen molar-refractivity contribution >= 4 is 5.91 Å². The number of halogens is 1. The Kier molecular flexibility index (Phi) is 2.86. The van der Waals surface area contributed by atoms with Gasteiger partial charge in [0.05, 0.1) is 5.56 Å².